The van der Waals surface area contributed by atoms with E-state index in [0.29, 0.717) is 0 Å². The van der Waals surface area contributed by atoms with E-state index in [9.17, 15) is 0 Å². The minimum atomic E-state index is -0.0175. The van der Waals surface area contributed by atoms with Crippen molar-refractivity contribution in [2.45, 2.75) is 19.4 Å². The molecule has 1 aromatic carbocycles. The van der Waals surface area contributed by atoms with Gasteiger partial charge in [-0.05, 0) is 35.9 Å². The van der Waals surface area contributed by atoms with Gasteiger partial charge in [-0.25, -0.2) is 0 Å². The third kappa shape index (κ3) is 2.87. The zero-order valence-corrected chi connectivity index (χ0v) is 12.2. The molecule has 0 spiro atoms. The lowest BCUT2D eigenvalue weighted by Crippen LogP contribution is -2.29. The topological polar surface area (TPSA) is 38.0 Å². The first-order valence-corrected chi connectivity index (χ1v) is 7.20. The number of rotatable bonds is 4. The molecule has 18 heavy (non-hydrogen) atoms. The fraction of sp³-hybridized carbons (Fsp3) is 0.231. The van der Waals surface area contributed by atoms with E-state index in [2.05, 4.69) is 5.43 Å². The van der Waals surface area contributed by atoms with Gasteiger partial charge in [-0.3, -0.25) is 11.3 Å². The van der Waals surface area contributed by atoms with E-state index in [4.69, 9.17) is 29.0 Å². The lowest BCUT2D eigenvalue weighted by molar-refractivity contribution is 0.560. The molecule has 1 aromatic heterocycles. The van der Waals surface area contributed by atoms with E-state index < -0.39 is 0 Å². The second-order valence-corrected chi connectivity index (χ2v) is 5.81. The van der Waals surface area contributed by atoms with Crippen LogP contribution in [0.4, 0.5) is 0 Å². The summed E-state index contributed by atoms with van der Waals surface area (Å²) in [6.45, 7) is 1.99. The molecule has 1 heterocycles. The van der Waals surface area contributed by atoms with Crippen LogP contribution in [0.2, 0.25) is 10.0 Å². The van der Waals surface area contributed by atoms with Crippen molar-refractivity contribution in [3.63, 3.8) is 0 Å². The molecule has 2 aromatic rings. The second kappa shape index (κ2) is 6.04. The zero-order chi connectivity index (χ0) is 13.1. The summed E-state index contributed by atoms with van der Waals surface area (Å²) in [7, 11) is 0. The van der Waals surface area contributed by atoms with Crippen LogP contribution in [-0.2, 0) is 6.42 Å². The largest absolute Gasteiger partial charge is 0.271 e. The molecule has 2 rings (SSSR count). The Balaban J connectivity index is 2.25. The highest BCUT2D eigenvalue weighted by atomic mass is 35.5. The van der Waals surface area contributed by atoms with Gasteiger partial charge in [-0.1, -0.05) is 41.4 Å². The minimum absolute atomic E-state index is 0.0175. The number of thiophene rings is 1. The van der Waals surface area contributed by atoms with E-state index in [1.807, 2.05) is 36.6 Å². The lowest BCUT2D eigenvalue weighted by Gasteiger charge is -2.16. The Bertz CT molecular complexity index is 540. The maximum absolute atomic E-state index is 6.27. The van der Waals surface area contributed by atoms with Crippen LogP contribution in [-0.4, -0.2) is 0 Å². The van der Waals surface area contributed by atoms with E-state index in [1.165, 1.54) is 0 Å². The van der Waals surface area contributed by atoms with Crippen LogP contribution in [0.3, 0.4) is 0 Å². The third-order valence-corrected chi connectivity index (χ3v) is 5.02. The van der Waals surface area contributed by atoms with E-state index in [-0.39, 0.29) is 6.04 Å². The van der Waals surface area contributed by atoms with Crippen LogP contribution in [0.5, 0.6) is 0 Å². The Hall–Kier alpha value is -0.580. The summed E-state index contributed by atoms with van der Waals surface area (Å²) < 4.78 is 0. The molecule has 0 aliphatic heterocycles. The van der Waals surface area contributed by atoms with Gasteiger partial charge in [0.1, 0.15) is 0 Å². The number of hydrogen-bond acceptors (Lipinski definition) is 3. The first-order valence-electron chi connectivity index (χ1n) is 5.56. The highest BCUT2D eigenvalue weighted by Crippen LogP contribution is 2.34. The van der Waals surface area contributed by atoms with E-state index >= 15 is 0 Å². The number of hydrogen-bond donors (Lipinski definition) is 2. The van der Waals surface area contributed by atoms with Gasteiger partial charge < -0.3 is 0 Å². The van der Waals surface area contributed by atoms with Gasteiger partial charge in [0.25, 0.3) is 0 Å². The standard InChI is InChI=1S/C13H14Cl2N2S/c1-8-7-18-13(12(8)15)11(17-16)6-9-4-2-3-5-10(9)14/h2-5,7,11,17H,6,16H2,1H3. The summed E-state index contributed by atoms with van der Waals surface area (Å²) in [5.74, 6) is 5.64. The smallest absolute Gasteiger partial charge is 0.0609 e. The Kier molecular flexibility index (Phi) is 4.65. The summed E-state index contributed by atoms with van der Waals surface area (Å²) in [6.07, 6.45) is 0.718. The Morgan fingerprint density at radius 2 is 2.06 bits per heavy atom. The molecule has 96 valence electrons. The summed E-state index contributed by atoms with van der Waals surface area (Å²) in [5.41, 5.74) is 4.95. The summed E-state index contributed by atoms with van der Waals surface area (Å²) in [5, 5.41) is 3.58. The van der Waals surface area contributed by atoms with Crippen molar-refractivity contribution in [3.8, 4) is 0 Å². The van der Waals surface area contributed by atoms with Crippen molar-refractivity contribution in [2.24, 2.45) is 5.84 Å². The van der Waals surface area contributed by atoms with Gasteiger partial charge in [0.15, 0.2) is 0 Å². The monoisotopic (exact) mass is 300 g/mol. The molecule has 0 radical (unpaired) electrons. The Morgan fingerprint density at radius 1 is 1.33 bits per heavy atom. The predicted octanol–water partition coefficient (Wildman–Crippen LogP) is 4.11. The maximum atomic E-state index is 6.27. The van der Waals surface area contributed by atoms with Crippen molar-refractivity contribution >= 4 is 34.5 Å². The fourth-order valence-corrected chi connectivity index (χ4v) is 3.40. The van der Waals surface area contributed by atoms with Crippen molar-refractivity contribution in [2.75, 3.05) is 0 Å². The normalized spacial score (nSPS) is 12.7. The van der Waals surface area contributed by atoms with Crippen molar-refractivity contribution in [3.05, 3.63) is 55.7 Å². The Morgan fingerprint density at radius 3 is 2.61 bits per heavy atom. The second-order valence-electron chi connectivity index (χ2n) is 4.11. The molecule has 0 saturated carbocycles. The number of benzene rings is 1. The molecule has 1 atom stereocenters. The molecule has 3 N–H and O–H groups in total. The van der Waals surface area contributed by atoms with E-state index in [1.54, 1.807) is 11.3 Å². The first kappa shape index (κ1) is 13.8. The zero-order valence-electron chi connectivity index (χ0n) is 9.91. The molecular weight excluding hydrogens is 287 g/mol. The van der Waals surface area contributed by atoms with Crippen LogP contribution in [0.25, 0.3) is 0 Å². The molecule has 0 amide bonds. The summed E-state index contributed by atoms with van der Waals surface area (Å²) >= 11 is 14.0. The van der Waals surface area contributed by atoms with Crippen LogP contribution in [0.15, 0.2) is 29.6 Å². The van der Waals surface area contributed by atoms with Crippen LogP contribution in [0.1, 0.15) is 22.0 Å². The number of halogens is 2. The first-order chi connectivity index (χ1) is 8.63. The van der Waals surface area contributed by atoms with Gasteiger partial charge in [0.05, 0.1) is 11.1 Å². The third-order valence-electron chi connectivity index (χ3n) is 2.82. The van der Waals surface area contributed by atoms with Crippen molar-refractivity contribution < 1.29 is 0 Å². The predicted molar refractivity (Wildman–Crippen MR) is 79.3 cm³/mol. The van der Waals surface area contributed by atoms with Gasteiger partial charge >= 0.3 is 0 Å². The van der Waals surface area contributed by atoms with Crippen LogP contribution in [0, 0.1) is 6.92 Å². The number of nitrogens with one attached hydrogen (secondary N) is 1. The highest BCUT2D eigenvalue weighted by Gasteiger charge is 2.18. The highest BCUT2D eigenvalue weighted by molar-refractivity contribution is 7.10. The SMILES string of the molecule is Cc1csc(C(Cc2ccccc2Cl)NN)c1Cl. The number of nitrogens with two attached hydrogens (primary N) is 1. The average Bonchev–Trinajstić information content (AvgIpc) is 2.70. The molecule has 0 bridgehead atoms. The van der Waals surface area contributed by atoms with E-state index in [0.717, 1.165) is 32.5 Å². The summed E-state index contributed by atoms with van der Waals surface area (Å²) in [4.78, 5) is 1.05. The minimum Gasteiger partial charge on any atom is -0.271 e. The number of aryl methyl sites for hydroxylation is 1. The van der Waals surface area contributed by atoms with Gasteiger partial charge in [0.2, 0.25) is 0 Å². The molecular formula is C13H14Cl2N2S. The van der Waals surface area contributed by atoms with Gasteiger partial charge in [-0.2, -0.15) is 0 Å². The van der Waals surface area contributed by atoms with Crippen LogP contribution >= 0.6 is 34.5 Å². The van der Waals surface area contributed by atoms with Crippen molar-refractivity contribution in [1.29, 1.82) is 0 Å². The summed E-state index contributed by atoms with van der Waals surface area (Å²) in [6, 6.07) is 7.75. The van der Waals surface area contributed by atoms with Gasteiger partial charge in [0, 0.05) is 9.90 Å². The molecule has 5 heteroatoms. The van der Waals surface area contributed by atoms with Crippen molar-refractivity contribution in [1.82, 2.24) is 5.43 Å². The molecule has 0 saturated heterocycles. The lowest BCUT2D eigenvalue weighted by atomic mass is 10.0. The average molecular weight is 301 g/mol. The number of hydrazine groups is 1. The molecule has 0 aliphatic carbocycles. The fourth-order valence-electron chi connectivity index (χ4n) is 1.80. The quantitative estimate of drug-likeness (QED) is 0.659. The maximum Gasteiger partial charge on any atom is 0.0609 e. The molecule has 0 aliphatic rings. The van der Waals surface area contributed by atoms with Crippen LogP contribution < -0.4 is 11.3 Å². The molecule has 1 unspecified atom stereocenters. The molecule has 2 nitrogen and oxygen atoms in total. The van der Waals surface area contributed by atoms with Gasteiger partial charge in [-0.15, -0.1) is 11.3 Å². The Labute approximate surface area is 121 Å². The molecule has 0 fully saturated rings.